The number of ether oxygens (including phenoxy) is 1. The first-order valence-corrected chi connectivity index (χ1v) is 6.02. The van der Waals surface area contributed by atoms with Gasteiger partial charge < -0.3 is 9.84 Å². The van der Waals surface area contributed by atoms with Crippen molar-refractivity contribution in [2.75, 3.05) is 20.3 Å². The zero-order valence-corrected chi connectivity index (χ0v) is 10.7. The highest BCUT2D eigenvalue weighted by molar-refractivity contribution is 5.82. The van der Waals surface area contributed by atoms with Gasteiger partial charge in [-0.1, -0.05) is 12.1 Å². The summed E-state index contributed by atoms with van der Waals surface area (Å²) in [4.78, 5) is 15.5. The fourth-order valence-electron chi connectivity index (χ4n) is 1.93. The molecule has 2 rings (SSSR count). The number of benzene rings is 1. The molecule has 19 heavy (non-hydrogen) atoms. The highest BCUT2D eigenvalue weighted by Gasteiger charge is 2.19. The van der Waals surface area contributed by atoms with Crippen LogP contribution < -0.4 is 5.32 Å². The van der Waals surface area contributed by atoms with Gasteiger partial charge in [0.15, 0.2) is 0 Å². The van der Waals surface area contributed by atoms with Crippen molar-refractivity contribution < 1.29 is 14.6 Å². The first-order valence-electron chi connectivity index (χ1n) is 6.02. The second-order valence-corrected chi connectivity index (χ2v) is 4.17. The number of methoxy groups -OCH3 is 1. The van der Waals surface area contributed by atoms with Crippen molar-refractivity contribution in [2.45, 2.75) is 6.04 Å². The molecular weight excluding hydrogens is 244 g/mol. The number of nitrogens with one attached hydrogen (secondary N) is 1. The van der Waals surface area contributed by atoms with Gasteiger partial charge in [0.2, 0.25) is 0 Å². The lowest BCUT2D eigenvalue weighted by atomic mass is 10.0. The van der Waals surface area contributed by atoms with Gasteiger partial charge in [0.1, 0.15) is 6.04 Å². The summed E-state index contributed by atoms with van der Waals surface area (Å²) in [6, 6.07) is 8.48. The molecule has 0 radical (unpaired) electrons. The van der Waals surface area contributed by atoms with Gasteiger partial charge in [-0.15, -0.1) is 0 Å². The van der Waals surface area contributed by atoms with E-state index in [1.807, 2.05) is 24.3 Å². The molecule has 0 saturated heterocycles. The predicted octanol–water partition coefficient (Wildman–Crippen LogP) is 1.60. The molecule has 0 bridgehead atoms. The Morgan fingerprint density at radius 2 is 2.32 bits per heavy atom. The lowest BCUT2D eigenvalue weighted by Gasteiger charge is -2.15. The number of rotatable bonds is 6. The van der Waals surface area contributed by atoms with E-state index in [1.165, 1.54) is 0 Å². The Morgan fingerprint density at radius 3 is 3.05 bits per heavy atom. The molecule has 1 unspecified atom stereocenters. The third-order valence-corrected chi connectivity index (χ3v) is 2.86. The van der Waals surface area contributed by atoms with Gasteiger partial charge in [0.25, 0.3) is 0 Å². The van der Waals surface area contributed by atoms with Gasteiger partial charge >= 0.3 is 5.97 Å². The van der Waals surface area contributed by atoms with E-state index < -0.39 is 12.0 Å². The number of carboxylic acids is 1. The highest BCUT2D eigenvalue weighted by atomic mass is 16.5. The van der Waals surface area contributed by atoms with Crippen LogP contribution in [0.25, 0.3) is 10.9 Å². The number of fused-ring (bicyclic) bond motifs is 1. The fraction of sp³-hybridized carbons (Fsp3) is 0.286. The summed E-state index contributed by atoms with van der Waals surface area (Å²) in [6.45, 7) is 0.956. The van der Waals surface area contributed by atoms with E-state index in [-0.39, 0.29) is 0 Å². The van der Waals surface area contributed by atoms with Crippen LogP contribution in [-0.2, 0) is 9.53 Å². The molecule has 2 aromatic rings. The number of nitrogens with zero attached hydrogens (tertiary/aromatic N) is 1. The Labute approximate surface area is 111 Å². The minimum Gasteiger partial charge on any atom is -0.480 e. The molecule has 1 aromatic heterocycles. The summed E-state index contributed by atoms with van der Waals surface area (Å²) >= 11 is 0. The molecule has 1 atom stereocenters. The Hall–Kier alpha value is -1.98. The van der Waals surface area contributed by atoms with Crippen molar-refractivity contribution in [1.82, 2.24) is 10.3 Å². The van der Waals surface area contributed by atoms with Crippen LogP contribution in [0.5, 0.6) is 0 Å². The SMILES string of the molecule is COCCNC(C(=O)O)c1ccc2ncccc2c1. The van der Waals surface area contributed by atoms with E-state index in [0.717, 1.165) is 10.9 Å². The summed E-state index contributed by atoms with van der Waals surface area (Å²) < 4.78 is 4.91. The quantitative estimate of drug-likeness (QED) is 0.772. The zero-order chi connectivity index (χ0) is 13.7. The van der Waals surface area contributed by atoms with Crippen molar-refractivity contribution in [3.8, 4) is 0 Å². The molecule has 0 amide bonds. The number of aromatic nitrogens is 1. The monoisotopic (exact) mass is 260 g/mol. The van der Waals surface area contributed by atoms with Crippen LogP contribution in [0.2, 0.25) is 0 Å². The maximum atomic E-state index is 11.3. The largest absolute Gasteiger partial charge is 0.480 e. The molecule has 2 N–H and O–H groups in total. The van der Waals surface area contributed by atoms with Crippen LogP contribution >= 0.6 is 0 Å². The van der Waals surface area contributed by atoms with Crippen molar-refractivity contribution in [3.05, 3.63) is 42.1 Å². The number of hydrogen-bond donors (Lipinski definition) is 2. The standard InChI is InChI=1S/C14H16N2O3/c1-19-8-7-16-13(14(17)18)11-4-5-12-10(9-11)3-2-6-15-12/h2-6,9,13,16H,7-8H2,1H3,(H,17,18). The summed E-state index contributed by atoms with van der Waals surface area (Å²) in [6.07, 6.45) is 1.72. The summed E-state index contributed by atoms with van der Waals surface area (Å²) in [5.41, 5.74) is 1.57. The maximum absolute atomic E-state index is 11.3. The second kappa shape index (κ2) is 6.26. The van der Waals surface area contributed by atoms with Crippen LogP contribution in [0.3, 0.4) is 0 Å². The van der Waals surface area contributed by atoms with Crippen molar-refractivity contribution in [2.24, 2.45) is 0 Å². The maximum Gasteiger partial charge on any atom is 0.325 e. The summed E-state index contributed by atoms with van der Waals surface area (Å²) in [5.74, 6) is -0.903. The van der Waals surface area contributed by atoms with Crippen LogP contribution in [0.4, 0.5) is 0 Å². The average Bonchev–Trinajstić information content (AvgIpc) is 2.43. The topological polar surface area (TPSA) is 71.5 Å². The molecular formula is C14H16N2O3. The molecule has 1 aromatic carbocycles. The molecule has 100 valence electrons. The number of carbonyl (C=O) groups is 1. The van der Waals surface area contributed by atoms with Gasteiger partial charge in [-0.25, -0.2) is 0 Å². The van der Waals surface area contributed by atoms with E-state index in [1.54, 1.807) is 19.4 Å². The summed E-state index contributed by atoms with van der Waals surface area (Å²) in [7, 11) is 1.58. The minimum absolute atomic E-state index is 0.471. The number of carboxylic acid groups (broad SMARTS) is 1. The van der Waals surface area contributed by atoms with Crippen molar-refractivity contribution >= 4 is 16.9 Å². The molecule has 0 aliphatic carbocycles. The molecule has 0 aliphatic rings. The lowest BCUT2D eigenvalue weighted by molar-refractivity contribution is -0.139. The Morgan fingerprint density at radius 1 is 1.47 bits per heavy atom. The molecule has 5 nitrogen and oxygen atoms in total. The van der Waals surface area contributed by atoms with Crippen LogP contribution in [0, 0.1) is 0 Å². The summed E-state index contributed by atoms with van der Waals surface area (Å²) in [5, 5.41) is 13.2. The zero-order valence-electron chi connectivity index (χ0n) is 10.7. The Kier molecular flexibility index (Phi) is 4.43. The van der Waals surface area contributed by atoms with Gasteiger partial charge in [0, 0.05) is 25.2 Å². The van der Waals surface area contributed by atoms with E-state index in [4.69, 9.17) is 4.74 Å². The third-order valence-electron chi connectivity index (χ3n) is 2.86. The molecule has 0 saturated carbocycles. The van der Waals surface area contributed by atoms with Gasteiger partial charge in [-0.3, -0.25) is 15.1 Å². The van der Waals surface area contributed by atoms with Crippen LogP contribution in [0.1, 0.15) is 11.6 Å². The molecule has 0 fully saturated rings. The molecule has 0 spiro atoms. The van der Waals surface area contributed by atoms with Crippen LogP contribution in [0.15, 0.2) is 36.5 Å². The normalized spacial score (nSPS) is 12.5. The minimum atomic E-state index is -0.903. The van der Waals surface area contributed by atoms with E-state index >= 15 is 0 Å². The number of hydrogen-bond acceptors (Lipinski definition) is 4. The molecule has 1 heterocycles. The highest BCUT2D eigenvalue weighted by Crippen LogP contribution is 2.19. The lowest BCUT2D eigenvalue weighted by Crippen LogP contribution is -2.31. The predicted molar refractivity (Wildman–Crippen MR) is 72.0 cm³/mol. The van der Waals surface area contributed by atoms with Crippen molar-refractivity contribution in [3.63, 3.8) is 0 Å². The Balaban J connectivity index is 2.25. The van der Waals surface area contributed by atoms with Crippen molar-refractivity contribution in [1.29, 1.82) is 0 Å². The second-order valence-electron chi connectivity index (χ2n) is 4.17. The third kappa shape index (κ3) is 3.27. The molecule has 5 heteroatoms. The fourth-order valence-corrected chi connectivity index (χ4v) is 1.93. The van der Waals surface area contributed by atoms with Crippen LogP contribution in [-0.4, -0.2) is 36.3 Å². The van der Waals surface area contributed by atoms with E-state index in [9.17, 15) is 9.90 Å². The number of aliphatic carboxylic acids is 1. The van der Waals surface area contributed by atoms with Gasteiger partial charge in [-0.2, -0.15) is 0 Å². The average molecular weight is 260 g/mol. The first kappa shape index (κ1) is 13.5. The number of pyridine rings is 1. The first-order chi connectivity index (χ1) is 9.22. The van der Waals surface area contributed by atoms with Gasteiger partial charge in [0.05, 0.1) is 12.1 Å². The Bertz CT molecular complexity index is 571. The van der Waals surface area contributed by atoms with E-state index in [2.05, 4.69) is 10.3 Å². The van der Waals surface area contributed by atoms with Gasteiger partial charge in [-0.05, 0) is 23.8 Å². The molecule has 0 aliphatic heterocycles. The smallest absolute Gasteiger partial charge is 0.325 e. The van der Waals surface area contributed by atoms with E-state index in [0.29, 0.717) is 18.7 Å².